The summed E-state index contributed by atoms with van der Waals surface area (Å²) in [5.74, 6) is -0.0241. The normalized spacial score (nSPS) is 20.5. The largest absolute Gasteiger partial charge is 0.345 e. The van der Waals surface area contributed by atoms with E-state index in [0.717, 1.165) is 18.7 Å². The second-order valence-corrected chi connectivity index (χ2v) is 5.72. The van der Waals surface area contributed by atoms with Crippen LogP contribution in [-0.2, 0) is 4.79 Å². The van der Waals surface area contributed by atoms with Crippen molar-refractivity contribution in [2.75, 3.05) is 32.5 Å². The number of benzene rings is 1. The molecule has 1 aromatic carbocycles. The molecular weight excluding hydrogens is 290 g/mol. The van der Waals surface area contributed by atoms with Gasteiger partial charge in [0.1, 0.15) is 0 Å². The van der Waals surface area contributed by atoms with Gasteiger partial charge < -0.3 is 15.5 Å². The zero-order valence-electron chi connectivity index (χ0n) is 12.6. The van der Waals surface area contributed by atoms with E-state index in [2.05, 4.69) is 10.6 Å². The number of nitrogens with zero attached hydrogens (tertiary/aromatic N) is 1. The summed E-state index contributed by atoms with van der Waals surface area (Å²) in [6.45, 7) is 3.54. The van der Waals surface area contributed by atoms with E-state index in [1.54, 1.807) is 38.4 Å². The molecule has 2 N–H and O–H groups in total. The lowest BCUT2D eigenvalue weighted by Crippen LogP contribution is -2.35. The fourth-order valence-corrected chi connectivity index (χ4v) is 2.25. The first-order valence-corrected chi connectivity index (χ1v) is 6.76. The van der Waals surface area contributed by atoms with Crippen molar-refractivity contribution in [3.05, 3.63) is 29.8 Å². The summed E-state index contributed by atoms with van der Waals surface area (Å²) in [4.78, 5) is 25.5. The van der Waals surface area contributed by atoms with E-state index in [1.165, 1.54) is 4.90 Å². The van der Waals surface area contributed by atoms with E-state index >= 15 is 0 Å². The van der Waals surface area contributed by atoms with Crippen LogP contribution in [0.4, 0.5) is 5.69 Å². The number of carbonyl (C=O) groups is 2. The van der Waals surface area contributed by atoms with Gasteiger partial charge in [0.05, 0.1) is 5.41 Å². The Kier molecular flexibility index (Phi) is 5.75. The summed E-state index contributed by atoms with van der Waals surface area (Å²) >= 11 is 0. The van der Waals surface area contributed by atoms with Crippen LogP contribution in [0.2, 0.25) is 0 Å². The minimum absolute atomic E-state index is 0. The molecule has 1 aromatic rings. The van der Waals surface area contributed by atoms with Crippen LogP contribution in [0.25, 0.3) is 0 Å². The molecule has 21 heavy (non-hydrogen) atoms. The number of nitrogens with one attached hydrogen (secondary N) is 2. The number of rotatable bonds is 3. The van der Waals surface area contributed by atoms with Crippen molar-refractivity contribution in [2.24, 2.45) is 5.41 Å². The smallest absolute Gasteiger partial charge is 0.253 e. The highest BCUT2D eigenvalue weighted by Crippen LogP contribution is 2.26. The van der Waals surface area contributed by atoms with E-state index < -0.39 is 0 Å². The predicted octanol–water partition coefficient (Wildman–Crippen LogP) is 1.75. The zero-order valence-corrected chi connectivity index (χ0v) is 13.4. The van der Waals surface area contributed by atoms with Crippen molar-refractivity contribution in [3.8, 4) is 0 Å². The third-order valence-corrected chi connectivity index (χ3v) is 3.71. The van der Waals surface area contributed by atoms with Crippen LogP contribution in [0.1, 0.15) is 23.7 Å². The molecule has 5 nitrogen and oxygen atoms in total. The van der Waals surface area contributed by atoms with Crippen molar-refractivity contribution in [3.63, 3.8) is 0 Å². The highest BCUT2D eigenvalue weighted by Gasteiger charge is 2.36. The summed E-state index contributed by atoms with van der Waals surface area (Å²) in [5, 5.41) is 6.12. The fourth-order valence-electron chi connectivity index (χ4n) is 2.25. The molecular formula is C15H22ClN3O2. The first-order valence-electron chi connectivity index (χ1n) is 6.76. The molecule has 0 bridgehead atoms. The Hall–Kier alpha value is -1.59. The Morgan fingerprint density at radius 2 is 1.86 bits per heavy atom. The monoisotopic (exact) mass is 311 g/mol. The second kappa shape index (κ2) is 6.91. The second-order valence-electron chi connectivity index (χ2n) is 5.72. The maximum atomic E-state index is 12.2. The van der Waals surface area contributed by atoms with Gasteiger partial charge in [-0.05, 0) is 44.2 Å². The molecule has 1 aliphatic heterocycles. The van der Waals surface area contributed by atoms with Gasteiger partial charge in [-0.1, -0.05) is 0 Å². The summed E-state index contributed by atoms with van der Waals surface area (Å²) in [5.41, 5.74) is 0.984. The number of hydrogen-bond donors (Lipinski definition) is 2. The average molecular weight is 312 g/mol. The summed E-state index contributed by atoms with van der Waals surface area (Å²) in [6, 6.07) is 6.99. The molecule has 1 saturated heterocycles. The molecule has 1 fully saturated rings. The van der Waals surface area contributed by atoms with Crippen molar-refractivity contribution >= 4 is 29.9 Å². The molecule has 0 spiro atoms. The van der Waals surface area contributed by atoms with Gasteiger partial charge in [-0.25, -0.2) is 0 Å². The number of anilines is 1. The van der Waals surface area contributed by atoms with Crippen LogP contribution in [0.5, 0.6) is 0 Å². The molecule has 1 unspecified atom stereocenters. The van der Waals surface area contributed by atoms with Gasteiger partial charge in [-0.3, -0.25) is 9.59 Å². The van der Waals surface area contributed by atoms with E-state index in [-0.39, 0.29) is 29.6 Å². The highest BCUT2D eigenvalue weighted by atomic mass is 35.5. The lowest BCUT2D eigenvalue weighted by atomic mass is 9.89. The Morgan fingerprint density at radius 1 is 1.24 bits per heavy atom. The van der Waals surface area contributed by atoms with Gasteiger partial charge in [-0.2, -0.15) is 0 Å². The Morgan fingerprint density at radius 3 is 2.33 bits per heavy atom. The molecule has 1 aliphatic rings. The maximum absolute atomic E-state index is 12.2. The van der Waals surface area contributed by atoms with Gasteiger partial charge >= 0.3 is 0 Å². The van der Waals surface area contributed by atoms with Crippen LogP contribution in [0.3, 0.4) is 0 Å². The lowest BCUT2D eigenvalue weighted by molar-refractivity contribution is -0.123. The molecule has 1 heterocycles. The third kappa shape index (κ3) is 3.95. The lowest BCUT2D eigenvalue weighted by Gasteiger charge is -2.21. The van der Waals surface area contributed by atoms with Crippen molar-refractivity contribution in [1.82, 2.24) is 10.2 Å². The van der Waals surface area contributed by atoms with Gasteiger partial charge in [0.15, 0.2) is 0 Å². The average Bonchev–Trinajstić information content (AvgIpc) is 2.87. The molecule has 0 aromatic heterocycles. The van der Waals surface area contributed by atoms with E-state index in [1.807, 2.05) is 6.92 Å². The van der Waals surface area contributed by atoms with Crippen LogP contribution in [-0.4, -0.2) is 43.9 Å². The SMILES string of the molecule is CN(C)C(=O)c1ccc(NC(=O)C2(C)CCNC2)cc1.Cl. The van der Waals surface area contributed by atoms with E-state index in [9.17, 15) is 9.59 Å². The number of hydrogen-bond acceptors (Lipinski definition) is 3. The quantitative estimate of drug-likeness (QED) is 0.894. The number of halogens is 1. The minimum Gasteiger partial charge on any atom is -0.345 e. The van der Waals surface area contributed by atoms with Crippen molar-refractivity contribution in [2.45, 2.75) is 13.3 Å². The summed E-state index contributed by atoms with van der Waals surface area (Å²) in [6.07, 6.45) is 0.843. The van der Waals surface area contributed by atoms with Gasteiger partial charge in [-0.15, -0.1) is 12.4 Å². The highest BCUT2D eigenvalue weighted by molar-refractivity contribution is 5.97. The van der Waals surface area contributed by atoms with E-state index in [4.69, 9.17) is 0 Å². The topological polar surface area (TPSA) is 61.4 Å². The summed E-state index contributed by atoms with van der Waals surface area (Å²) < 4.78 is 0. The maximum Gasteiger partial charge on any atom is 0.253 e. The number of amides is 2. The zero-order chi connectivity index (χ0) is 14.8. The molecule has 0 aliphatic carbocycles. The number of carbonyl (C=O) groups excluding carboxylic acids is 2. The molecule has 2 amide bonds. The molecule has 6 heteroatoms. The fraction of sp³-hybridized carbons (Fsp3) is 0.467. The van der Waals surface area contributed by atoms with Crippen LogP contribution in [0.15, 0.2) is 24.3 Å². The van der Waals surface area contributed by atoms with Gasteiger partial charge in [0, 0.05) is 31.9 Å². The molecule has 0 saturated carbocycles. The van der Waals surface area contributed by atoms with E-state index in [0.29, 0.717) is 12.1 Å². The van der Waals surface area contributed by atoms with Gasteiger partial charge in [0.2, 0.25) is 5.91 Å². The third-order valence-electron chi connectivity index (χ3n) is 3.71. The van der Waals surface area contributed by atoms with Crippen molar-refractivity contribution in [1.29, 1.82) is 0 Å². The molecule has 2 rings (SSSR count). The van der Waals surface area contributed by atoms with Crippen LogP contribution in [0, 0.1) is 5.41 Å². The Balaban J connectivity index is 0.00000220. The van der Waals surface area contributed by atoms with Crippen molar-refractivity contribution < 1.29 is 9.59 Å². The minimum atomic E-state index is -0.349. The standard InChI is InChI=1S/C15H21N3O2.ClH/c1-15(8-9-16-10-15)14(20)17-12-6-4-11(5-7-12)13(19)18(2)3;/h4-7,16H,8-10H2,1-3H3,(H,17,20);1H. The van der Waals surface area contributed by atoms with Gasteiger partial charge in [0.25, 0.3) is 5.91 Å². The molecule has 116 valence electrons. The Labute approximate surface area is 131 Å². The molecule has 0 radical (unpaired) electrons. The molecule has 1 atom stereocenters. The first-order chi connectivity index (χ1) is 9.42. The predicted molar refractivity (Wildman–Crippen MR) is 85.9 cm³/mol. The Bertz CT molecular complexity index is 508. The summed E-state index contributed by atoms with van der Waals surface area (Å²) in [7, 11) is 3.43. The van der Waals surface area contributed by atoms with Crippen LogP contribution < -0.4 is 10.6 Å². The van der Waals surface area contributed by atoms with Crippen LogP contribution >= 0.6 is 12.4 Å². The first kappa shape index (κ1) is 17.5.